The summed E-state index contributed by atoms with van der Waals surface area (Å²) in [5, 5.41) is 0.359. The molecule has 0 fully saturated rings. The van der Waals surface area contributed by atoms with E-state index < -0.39 is 0 Å². The smallest absolute Gasteiger partial charge is 0.244 e. The zero-order chi connectivity index (χ0) is 12.4. The third-order valence-corrected chi connectivity index (χ3v) is 2.76. The molecule has 0 aliphatic rings. The average molecular weight is 249 g/mol. The van der Waals surface area contributed by atoms with Gasteiger partial charge in [-0.2, -0.15) is 4.98 Å². The summed E-state index contributed by atoms with van der Waals surface area (Å²) in [6, 6.07) is 9.11. The molecular weight excluding hydrogens is 236 g/mol. The lowest BCUT2D eigenvalue weighted by Gasteiger charge is -2.09. The summed E-state index contributed by atoms with van der Waals surface area (Å²) < 4.78 is 5.61. The fourth-order valence-electron chi connectivity index (χ4n) is 1.40. The SMILES string of the molecule is Cc1ccc(Oc2nc(Cl)ccc2N)cc1C. The van der Waals surface area contributed by atoms with Crippen LogP contribution in [0.15, 0.2) is 30.3 Å². The van der Waals surface area contributed by atoms with Crippen LogP contribution in [0.5, 0.6) is 11.6 Å². The number of aromatic nitrogens is 1. The fraction of sp³-hybridized carbons (Fsp3) is 0.154. The minimum absolute atomic E-state index is 0.334. The van der Waals surface area contributed by atoms with Gasteiger partial charge < -0.3 is 10.5 Å². The van der Waals surface area contributed by atoms with Crippen LogP contribution in [-0.2, 0) is 0 Å². The minimum atomic E-state index is 0.334. The van der Waals surface area contributed by atoms with Crippen LogP contribution in [0.2, 0.25) is 5.15 Å². The zero-order valence-corrected chi connectivity index (χ0v) is 10.5. The second-order valence-corrected chi connectivity index (χ2v) is 4.26. The topological polar surface area (TPSA) is 48.1 Å². The van der Waals surface area contributed by atoms with E-state index in [1.807, 2.05) is 32.0 Å². The molecule has 88 valence electrons. The molecule has 1 heterocycles. The Kier molecular flexibility index (Phi) is 3.20. The van der Waals surface area contributed by atoms with Crippen molar-refractivity contribution in [3.05, 3.63) is 46.6 Å². The Morgan fingerprint density at radius 2 is 1.88 bits per heavy atom. The van der Waals surface area contributed by atoms with Crippen molar-refractivity contribution in [2.24, 2.45) is 0 Å². The number of pyridine rings is 1. The second-order valence-electron chi connectivity index (χ2n) is 3.88. The van der Waals surface area contributed by atoms with Crippen LogP contribution in [-0.4, -0.2) is 4.98 Å². The first-order valence-electron chi connectivity index (χ1n) is 5.23. The van der Waals surface area contributed by atoms with Gasteiger partial charge in [0.05, 0.1) is 5.69 Å². The molecule has 0 atom stereocenters. The Labute approximate surface area is 105 Å². The molecule has 1 aromatic carbocycles. The van der Waals surface area contributed by atoms with E-state index in [1.54, 1.807) is 12.1 Å². The maximum absolute atomic E-state index is 5.79. The highest BCUT2D eigenvalue weighted by atomic mass is 35.5. The molecule has 0 aliphatic carbocycles. The van der Waals surface area contributed by atoms with Crippen molar-refractivity contribution < 1.29 is 4.74 Å². The molecule has 0 aliphatic heterocycles. The first-order chi connectivity index (χ1) is 8.06. The van der Waals surface area contributed by atoms with Gasteiger partial charge in [-0.05, 0) is 49.2 Å². The third-order valence-electron chi connectivity index (χ3n) is 2.55. The molecule has 0 unspecified atom stereocenters. The fourth-order valence-corrected chi connectivity index (χ4v) is 1.54. The minimum Gasteiger partial charge on any atom is -0.437 e. The summed E-state index contributed by atoms with van der Waals surface area (Å²) in [5.74, 6) is 1.04. The van der Waals surface area contributed by atoms with Crippen molar-refractivity contribution in [2.45, 2.75) is 13.8 Å². The van der Waals surface area contributed by atoms with E-state index in [1.165, 1.54) is 5.56 Å². The Bertz CT molecular complexity index is 555. The molecule has 0 saturated carbocycles. The monoisotopic (exact) mass is 248 g/mol. The number of nitrogen functional groups attached to an aromatic ring is 1. The van der Waals surface area contributed by atoms with Crippen LogP contribution in [0.4, 0.5) is 5.69 Å². The average Bonchev–Trinajstić information content (AvgIpc) is 2.29. The highest BCUT2D eigenvalue weighted by Crippen LogP contribution is 2.27. The number of halogens is 1. The Morgan fingerprint density at radius 1 is 1.12 bits per heavy atom. The molecule has 0 bridgehead atoms. The first-order valence-corrected chi connectivity index (χ1v) is 5.61. The number of hydrogen-bond acceptors (Lipinski definition) is 3. The molecular formula is C13H13ClN2O. The second kappa shape index (κ2) is 4.63. The Hall–Kier alpha value is -1.74. The molecule has 0 radical (unpaired) electrons. The maximum Gasteiger partial charge on any atom is 0.244 e. The van der Waals surface area contributed by atoms with Crippen LogP contribution in [0, 0.1) is 13.8 Å². The van der Waals surface area contributed by atoms with Crippen molar-refractivity contribution in [2.75, 3.05) is 5.73 Å². The van der Waals surface area contributed by atoms with Crippen LogP contribution >= 0.6 is 11.6 Å². The normalized spacial score (nSPS) is 10.3. The summed E-state index contributed by atoms with van der Waals surface area (Å²) in [4.78, 5) is 4.04. The van der Waals surface area contributed by atoms with E-state index in [0.717, 1.165) is 5.56 Å². The number of rotatable bonds is 2. The number of anilines is 1. The molecule has 1 aromatic heterocycles. The van der Waals surface area contributed by atoms with E-state index in [-0.39, 0.29) is 0 Å². The molecule has 17 heavy (non-hydrogen) atoms. The molecule has 0 spiro atoms. The van der Waals surface area contributed by atoms with Gasteiger partial charge in [0.25, 0.3) is 0 Å². The predicted octanol–water partition coefficient (Wildman–Crippen LogP) is 3.73. The molecule has 2 aromatic rings. The quantitative estimate of drug-likeness (QED) is 0.824. The van der Waals surface area contributed by atoms with Gasteiger partial charge in [-0.25, -0.2) is 0 Å². The van der Waals surface area contributed by atoms with Crippen molar-refractivity contribution >= 4 is 17.3 Å². The Balaban J connectivity index is 2.31. The Morgan fingerprint density at radius 3 is 2.59 bits per heavy atom. The van der Waals surface area contributed by atoms with Gasteiger partial charge in [-0.1, -0.05) is 17.7 Å². The lowest BCUT2D eigenvalue weighted by Crippen LogP contribution is -1.95. The van der Waals surface area contributed by atoms with Crippen molar-refractivity contribution in [3.8, 4) is 11.6 Å². The molecule has 2 N–H and O–H groups in total. The molecule has 3 nitrogen and oxygen atoms in total. The number of nitrogens with two attached hydrogens (primary N) is 1. The van der Waals surface area contributed by atoms with Gasteiger partial charge in [-0.15, -0.1) is 0 Å². The number of aryl methyl sites for hydroxylation is 2. The van der Waals surface area contributed by atoms with Crippen LogP contribution in [0.3, 0.4) is 0 Å². The summed E-state index contributed by atoms with van der Waals surface area (Å²) in [6.45, 7) is 4.07. The van der Waals surface area contributed by atoms with Crippen molar-refractivity contribution in [1.82, 2.24) is 4.98 Å². The van der Waals surface area contributed by atoms with Gasteiger partial charge in [0.1, 0.15) is 10.9 Å². The summed E-state index contributed by atoms with van der Waals surface area (Å²) >= 11 is 5.79. The number of ether oxygens (including phenoxy) is 1. The van der Waals surface area contributed by atoms with Crippen molar-refractivity contribution in [3.63, 3.8) is 0 Å². The number of hydrogen-bond donors (Lipinski definition) is 1. The third kappa shape index (κ3) is 2.68. The lowest BCUT2D eigenvalue weighted by molar-refractivity contribution is 0.465. The maximum atomic E-state index is 5.79. The van der Waals surface area contributed by atoms with Gasteiger partial charge in [0.15, 0.2) is 0 Å². The highest BCUT2D eigenvalue weighted by molar-refractivity contribution is 6.29. The van der Waals surface area contributed by atoms with Gasteiger partial charge in [0, 0.05) is 0 Å². The standard InChI is InChI=1S/C13H13ClN2O/c1-8-3-4-10(7-9(8)2)17-13-11(15)5-6-12(14)16-13/h3-7H,15H2,1-2H3. The summed E-state index contributed by atoms with van der Waals surface area (Å²) in [7, 11) is 0. The van der Waals surface area contributed by atoms with Gasteiger partial charge in [-0.3, -0.25) is 0 Å². The molecule has 2 rings (SSSR count). The van der Waals surface area contributed by atoms with Crippen LogP contribution in [0.25, 0.3) is 0 Å². The van der Waals surface area contributed by atoms with Crippen LogP contribution in [0.1, 0.15) is 11.1 Å². The summed E-state index contributed by atoms with van der Waals surface area (Å²) in [6.07, 6.45) is 0. The number of benzene rings is 1. The van der Waals surface area contributed by atoms with E-state index >= 15 is 0 Å². The largest absolute Gasteiger partial charge is 0.437 e. The summed E-state index contributed by atoms with van der Waals surface area (Å²) in [5.41, 5.74) is 8.59. The van der Waals surface area contributed by atoms with E-state index in [2.05, 4.69) is 4.98 Å². The van der Waals surface area contributed by atoms with Gasteiger partial charge >= 0.3 is 0 Å². The highest BCUT2D eigenvalue weighted by Gasteiger charge is 2.05. The molecule has 0 saturated heterocycles. The first kappa shape index (κ1) is 11.7. The predicted molar refractivity (Wildman–Crippen MR) is 69.6 cm³/mol. The van der Waals surface area contributed by atoms with E-state index in [9.17, 15) is 0 Å². The van der Waals surface area contributed by atoms with Crippen LogP contribution < -0.4 is 10.5 Å². The van der Waals surface area contributed by atoms with E-state index in [0.29, 0.717) is 22.5 Å². The molecule has 4 heteroatoms. The lowest BCUT2D eigenvalue weighted by atomic mass is 10.1. The van der Waals surface area contributed by atoms with Crippen molar-refractivity contribution in [1.29, 1.82) is 0 Å². The van der Waals surface area contributed by atoms with E-state index in [4.69, 9.17) is 22.1 Å². The molecule has 0 amide bonds. The zero-order valence-electron chi connectivity index (χ0n) is 9.70. The number of nitrogens with zero attached hydrogens (tertiary/aromatic N) is 1. The van der Waals surface area contributed by atoms with Gasteiger partial charge in [0.2, 0.25) is 5.88 Å².